The molecular formula is C5H8O4Sr. The molecule has 1 N–H and O–H groups in total. The summed E-state index contributed by atoms with van der Waals surface area (Å²) in [6.45, 7) is 1.17. The molecule has 5 heteroatoms. The molecule has 10 heavy (non-hydrogen) atoms. The zero-order valence-corrected chi connectivity index (χ0v) is 9.06. The maximum absolute atomic E-state index is 10.1. The van der Waals surface area contributed by atoms with E-state index in [0.29, 0.717) is 0 Å². The van der Waals surface area contributed by atoms with Crippen molar-refractivity contribution in [1.29, 1.82) is 0 Å². The van der Waals surface area contributed by atoms with Gasteiger partial charge in [0, 0.05) is 0 Å². The maximum atomic E-state index is 10.1. The van der Waals surface area contributed by atoms with Crippen molar-refractivity contribution < 1.29 is 22.3 Å². The maximum Gasteiger partial charge on any atom is 2.00 e. The molecule has 0 radical (unpaired) electrons. The monoisotopic (exact) mass is 220 g/mol. The molecular weight excluding hydrogens is 212 g/mol. The Morgan fingerprint density at radius 1 is 1.40 bits per heavy atom. The molecule has 54 valence electrons. The molecule has 0 aliphatic heterocycles. The van der Waals surface area contributed by atoms with Crippen LogP contribution in [0.3, 0.4) is 0 Å². The van der Waals surface area contributed by atoms with E-state index in [9.17, 15) is 14.4 Å². The largest absolute Gasteiger partial charge is 2.00 e. The number of hydrogen-bond acceptors (Lipinski definition) is 3. The fraction of sp³-hybridized carbons (Fsp3) is 0.400. The van der Waals surface area contributed by atoms with E-state index in [1.165, 1.54) is 6.92 Å². The third-order valence-corrected chi connectivity index (χ3v) is 0.648. The standard InChI is InChI=1S/C5H6O4.Sr.2H/c1-3(6)2-4(7)5(8)9;;;/h2H2,1H3,(H,8,9);;;/q;+2;2*-1. The van der Waals surface area contributed by atoms with Gasteiger partial charge in [-0.25, -0.2) is 4.79 Å². The van der Waals surface area contributed by atoms with Crippen LogP contribution in [0.15, 0.2) is 0 Å². The second-order valence-corrected chi connectivity index (χ2v) is 1.61. The summed E-state index contributed by atoms with van der Waals surface area (Å²) < 4.78 is 0. The summed E-state index contributed by atoms with van der Waals surface area (Å²) in [5.74, 6) is -3.03. The Morgan fingerprint density at radius 3 is 1.90 bits per heavy atom. The summed E-state index contributed by atoms with van der Waals surface area (Å²) in [6.07, 6.45) is -0.505. The first-order valence-electron chi connectivity index (χ1n) is 2.29. The molecule has 0 saturated carbocycles. The van der Waals surface area contributed by atoms with Crippen molar-refractivity contribution in [2.45, 2.75) is 13.3 Å². The van der Waals surface area contributed by atoms with Gasteiger partial charge in [0.05, 0.1) is 6.42 Å². The number of carboxylic acids is 1. The van der Waals surface area contributed by atoms with Crippen molar-refractivity contribution in [2.24, 2.45) is 0 Å². The van der Waals surface area contributed by atoms with Crippen LogP contribution in [0, 0.1) is 0 Å². The van der Waals surface area contributed by atoms with Crippen LogP contribution >= 0.6 is 0 Å². The zero-order chi connectivity index (χ0) is 7.44. The van der Waals surface area contributed by atoms with Gasteiger partial charge in [-0.1, -0.05) is 0 Å². The number of aliphatic carboxylic acids is 1. The molecule has 0 aromatic carbocycles. The van der Waals surface area contributed by atoms with Gasteiger partial charge in [-0.05, 0) is 6.92 Å². The summed E-state index contributed by atoms with van der Waals surface area (Å²) in [5.41, 5.74) is 0. The fourth-order valence-electron chi connectivity index (χ4n) is 0.302. The van der Waals surface area contributed by atoms with Gasteiger partial charge < -0.3 is 7.96 Å². The van der Waals surface area contributed by atoms with Crippen LogP contribution in [0.4, 0.5) is 0 Å². The normalized spacial score (nSPS) is 7.70. The van der Waals surface area contributed by atoms with Crippen LogP contribution in [0.25, 0.3) is 0 Å². The Labute approximate surface area is 97.8 Å². The first-order chi connectivity index (χ1) is 4.04. The average Bonchev–Trinajstić information content (AvgIpc) is 1.63. The molecule has 0 atom stereocenters. The number of carbonyl (C=O) groups is 3. The van der Waals surface area contributed by atoms with E-state index < -0.39 is 24.0 Å². The van der Waals surface area contributed by atoms with Gasteiger partial charge in [0.25, 0.3) is 0 Å². The molecule has 0 amide bonds. The van der Waals surface area contributed by atoms with Crippen molar-refractivity contribution in [3.05, 3.63) is 0 Å². The van der Waals surface area contributed by atoms with Crippen molar-refractivity contribution in [2.75, 3.05) is 0 Å². The zero-order valence-electron chi connectivity index (χ0n) is 7.59. The number of ketones is 2. The van der Waals surface area contributed by atoms with E-state index in [0.717, 1.165) is 0 Å². The average molecular weight is 220 g/mol. The van der Waals surface area contributed by atoms with E-state index in [-0.39, 0.29) is 48.3 Å². The number of carbonyl (C=O) groups excluding carboxylic acids is 2. The second kappa shape index (κ2) is 6.03. The summed E-state index contributed by atoms with van der Waals surface area (Å²) in [5, 5.41) is 7.93. The fourth-order valence-corrected chi connectivity index (χ4v) is 0.302. The second-order valence-electron chi connectivity index (χ2n) is 1.61. The Bertz CT molecular complexity index is 171. The van der Waals surface area contributed by atoms with Gasteiger partial charge in [-0.3, -0.25) is 9.59 Å². The summed E-state index contributed by atoms with van der Waals surface area (Å²) in [6, 6.07) is 0. The smallest absolute Gasteiger partial charge is 1.00 e. The van der Waals surface area contributed by atoms with Crippen molar-refractivity contribution in [3.8, 4) is 0 Å². The number of rotatable bonds is 3. The summed E-state index contributed by atoms with van der Waals surface area (Å²) in [4.78, 5) is 29.9. The molecule has 0 heterocycles. The minimum Gasteiger partial charge on any atom is -1.00 e. The molecule has 0 aromatic rings. The molecule has 0 spiro atoms. The van der Waals surface area contributed by atoms with E-state index >= 15 is 0 Å². The van der Waals surface area contributed by atoms with Crippen LogP contribution in [-0.4, -0.2) is 68.1 Å². The Kier molecular flexibility index (Phi) is 7.79. The third-order valence-electron chi connectivity index (χ3n) is 0.648. The number of hydrogen-bond donors (Lipinski definition) is 1. The van der Waals surface area contributed by atoms with Gasteiger partial charge in [0.2, 0.25) is 5.78 Å². The minimum absolute atomic E-state index is 0. The van der Waals surface area contributed by atoms with E-state index in [4.69, 9.17) is 5.11 Å². The quantitative estimate of drug-likeness (QED) is 0.393. The van der Waals surface area contributed by atoms with Gasteiger partial charge >= 0.3 is 51.5 Å². The Hall–Kier alpha value is 0.291. The van der Waals surface area contributed by atoms with E-state index in [1.807, 2.05) is 0 Å². The molecule has 0 unspecified atom stereocenters. The van der Waals surface area contributed by atoms with E-state index in [2.05, 4.69) is 0 Å². The molecule has 0 fully saturated rings. The number of carboxylic acid groups (broad SMARTS) is 1. The van der Waals surface area contributed by atoms with Crippen LogP contribution in [0.2, 0.25) is 0 Å². The first kappa shape index (κ1) is 12.9. The van der Waals surface area contributed by atoms with Crippen LogP contribution < -0.4 is 0 Å². The Morgan fingerprint density at radius 2 is 1.80 bits per heavy atom. The molecule has 0 aromatic heterocycles. The van der Waals surface area contributed by atoms with Crippen molar-refractivity contribution in [1.82, 2.24) is 0 Å². The van der Waals surface area contributed by atoms with Crippen LogP contribution in [0.5, 0.6) is 0 Å². The molecule has 0 aliphatic rings. The predicted octanol–water partition coefficient (Wildman–Crippen LogP) is -0.537. The summed E-state index contributed by atoms with van der Waals surface area (Å²) >= 11 is 0. The van der Waals surface area contributed by atoms with E-state index in [1.54, 1.807) is 0 Å². The van der Waals surface area contributed by atoms with Crippen molar-refractivity contribution >= 4 is 63.0 Å². The van der Waals surface area contributed by atoms with Gasteiger partial charge in [0.1, 0.15) is 5.78 Å². The van der Waals surface area contributed by atoms with Gasteiger partial charge in [-0.2, -0.15) is 0 Å². The first-order valence-corrected chi connectivity index (χ1v) is 2.29. The molecule has 0 rings (SSSR count). The third kappa shape index (κ3) is 6.41. The predicted molar refractivity (Wildman–Crippen MR) is 35.9 cm³/mol. The SMILES string of the molecule is CC(=O)CC(=O)C(=O)O.[H-].[H-].[Sr+2]. The molecule has 0 aliphatic carbocycles. The molecule has 4 nitrogen and oxygen atoms in total. The molecule has 0 saturated heterocycles. The molecule has 0 bridgehead atoms. The minimum atomic E-state index is -1.55. The topological polar surface area (TPSA) is 71.4 Å². The Balaban J connectivity index is -0.000000107. The van der Waals surface area contributed by atoms with Gasteiger partial charge in [-0.15, -0.1) is 0 Å². The number of Topliss-reactive ketones (excluding diaryl/α,β-unsaturated/α-hetero) is 2. The summed E-state index contributed by atoms with van der Waals surface area (Å²) in [7, 11) is 0. The van der Waals surface area contributed by atoms with Crippen LogP contribution in [0.1, 0.15) is 16.2 Å². The van der Waals surface area contributed by atoms with Gasteiger partial charge in [0.15, 0.2) is 0 Å². The van der Waals surface area contributed by atoms with Crippen molar-refractivity contribution in [3.63, 3.8) is 0 Å². The van der Waals surface area contributed by atoms with Crippen LogP contribution in [-0.2, 0) is 14.4 Å².